The van der Waals surface area contributed by atoms with Crippen molar-refractivity contribution >= 4 is 62.7 Å². The van der Waals surface area contributed by atoms with E-state index in [1.165, 1.54) is 4.90 Å². The van der Waals surface area contributed by atoms with E-state index >= 15 is 0 Å². The van der Waals surface area contributed by atoms with Gasteiger partial charge in [-0.2, -0.15) is 0 Å². The number of nitrogens with zero attached hydrogens (tertiary/aromatic N) is 3. The zero-order valence-electron chi connectivity index (χ0n) is 23.4. The molecular formula is C32H35BrClN3O4S. The molecule has 2 aromatic carbocycles. The van der Waals surface area contributed by atoms with E-state index in [1.807, 2.05) is 30.3 Å². The molecule has 10 heteroatoms. The summed E-state index contributed by atoms with van der Waals surface area (Å²) in [6.07, 6.45) is 3.86. The third-order valence-electron chi connectivity index (χ3n) is 8.58. The van der Waals surface area contributed by atoms with Crippen LogP contribution >= 0.6 is 39.3 Å². The van der Waals surface area contributed by atoms with E-state index in [2.05, 4.69) is 29.1 Å². The van der Waals surface area contributed by atoms with E-state index in [9.17, 15) is 19.5 Å². The quantitative estimate of drug-likeness (QED) is 0.271. The third kappa shape index (κ3) is 5.12. The molecule has 7 atom stereocenters. The summed E-state index contributed by atoms with van der Waals surface area (Å²) in [4.78, 5) is 48.2. The molecule has 3 amide bonds. The van der Waals surface area contributed by atoms with E-state index in [-0.39, 0.29) is 41.0 Å². The number of carbonyl (C=O) groups is 3. The van der Waals surface area contributed by atoms with Crippen LogP contribution in [0.2, 0.25) is 5.02 Å². The molecule has 3 heterocycles. The summed E-state index contributed by atoms with van der Waals surface area (Å²) in [5, 5.41) is 10.5. The minimum absolute atomic E-state index is 0.0735. The number of hydrogen-bond acceptors (Lipinski definition) is 5. The van der Waals surface area contributed by atoms with Gasteiger partial charge in [0.2, 0.25) is 11.8 Å². The molecule has 0 aliphatic carbocycles. The average Bonchev–Trinajstić information content (AvgIpc) is 3.59. The van der Waals surface area contributed by atoms with Crippen LogP contribution in [0.25, 0.3) is 0 Å². The number of benzene rings is 2. The largest absolute Gasteiger partial charge is 0.394 e. The van der Waals surface area contributed by atoms with Gasteiger partial charge in [-0.1, -0.05) is 82.1 Å². The number of hydrogen-bond donors (Lipinski definition) is 1. The number of thioether (sulfide) groups is 1. The molecule has 222 valence electrons. The number of para-hydroxylation sites is 1. The summed E-state index contributed by atoms with van der Waals surface area (Å²) in [7, 11) is 0. The van der Waals surface area contributed by atoms with Crippen LogP contribution in [0.15, 0.2) is 79.9 Å². The molecule has 0 saturated carbocycles. The van der Waals surface area contributed by atoms with Crippen LogP contribution in [0.5, 0.6) is 0 Å². The normalized spacial score (nSPS) is 28.3. The Hall–Kier alpha value is -2.59. The van der Waals surface area contributed by atoms with Crippen LogP contribution in [0, 0.1) is 11.8 Å². The molecule has 3 aliphatic heterocycles. The summed E-state index contributed by atoms with van der Waals surface area (Å²) in [5.41, 5.74) is 1.50. The fraction of sp³-hybridized carbons (Fsp3) is 0.406. The van der Waals surface area contributed by atoms with Gasteiger partial charge >= 0.3 is 0 Å². The highest BCUT2D eigenvalue weighted by atomic mass is 79.9. The first-order valence-electron chi connectivity index (χ1n) is 14.1. The summed E-state index contributed by atoms with van der Waals surface area (Å²) in [6.45, 7) is 10.1. The van der Waals surface area contributed by atoms with Gasteiger partial charge in [-0.3, -0.25) is 14.4 Å². The number of aliphatic hydroxyl groups excluding tert-OH is 1. The van der Waals surface area contributed by atoms with Crippen molar-refractivity contribution in [1.29, 1.82) is 0 Å². The Morgan fingerprint density at radius 3 is 2.45 bits per heavy atom. The molecule has 3 saturated heterocycles. The smallest absolute Gasteiger partial charge is 0.251 e. The number of carbonyl (C=O) groups excluding carboxylic acids is 3. The lowest BCUT2D eigenvalue weighted by Gasteiger charge is -2.39. The van der Waals surface area contributed by atoms with Crippen molar-refractivity contribution in [3.8, 4) is 0 Å². The number of alkyl halides is 1. The highest BCUT2D eigenvalue weighted by Gasteiger charge is 2.76. The molecule has 0 radical (unpaired) electrons. The van der Waals surface area contributed by atoms with Crippen LogP contribution in [-0.2, 0) is 20.9 Å². The van der Waals surface area contributed by atoms with E-state index in [0.717, 1.165) is 5.56 Å². The standard InChI is InChI=1S/C32H35BrClN3O4S/c1-4-15-35(18-21-11-7-6-8-12-21)29(39)25-26-30(40)37(20(3)19-38)28(32(26)17-22(33)27(25)42-32)31(41)36(16-5-2)24-14-10-9-13-23(24)34/h4-14,20,22,25-28,38H,1-2,15-19H2,3H3/t20-,22?,25+,26+,27+,28?,32?/m1/s1. The number of amides is 3. The van der Waals surface area contributed by atoms with E-state index < -0.39 is 28.7 Å². The fourth-order valence-corrected chi connectivity index (χ4v) is 10.7. The molecule has 42 heavy (non-hydrogen) atoms. The second-order valence-electron chi connectivity index (χ2n) is 11.1. The second-order valence-corrected chi connectivity index (χ2v) is 14.2. The van der Waals surface area contributed by atoms with Crippen molar-refractivity contribution in [1.82, 2.24) is 9.80 Å². The summed E-state index contributed by atoms with van der Waals surface area (Å²) < 4.78 is -0.857. The van der Waals surface area contributed by atoms with Crippen LogP contribution in [0.4, 0.5) is 5.69 Å². The molecule has 2 bridgehead atoms. The molecule has 3 aliphatic rings. The summed E-state index contributed by atoms with van der Waals surface area (Å²) in [6, 6.07) is 15.3. The molecule has 1 N–H and O–H groups in total. The monoisotopic (exact) mass is 671 g/mol. The highest BCUT2D eigenvalue weighted by Crippen LogP contribution is 2.68. The fourth-order valence-electron chi connectivity index (χ4n) is 6.85. The Balaban J connectivity index is 1.57. The van der Waals surface area contributed by atoms with Crippen molar-refractivity contribution < 1.29 is 19.5 Å². The first-order chi connectivity index (χ1) is 20.2. The Kier molecular flexibility index (Phi) is 9.23. The molecule has 3 fully saturated rings. The zero-order valence-corrected chi connectivity index (χ0v) is 26.6. The molecule has 2 aromatic rings. The van der Waals surface area contributed by atoms with Gasteiger partial charge in [-0.25, -0.2) is 0 Å². The van der Waals surface area contributed by atoms with Gasteiger partial charge in [0.1, 0.15) is 6.04 Å². The topological polar surface area (TPSA) is 81.2 Å². The molecule has 3 unspecified atom stereocenters. The first kappa shape index (κ1) is 30.9. The molecule has 1 spiro atoms. The highest BCUT2D eigenvalue weighted by molar-refractivity contribution is 9.09. The zero-order chi connectivity index (χ0) is 30.2. The number of aliphatic hydroxyl groups is 1. The van der Waals surface area contributed by atoms with Gasteiger partial charge in [0, 0.05) is 29.7 Å². The van der Waals surface area contributed by atoms with Crippen molar-refractivity contribution in [3.05, 3.63) is 90.5 Å². The molecular weight excluding hydrogens is 638 g/mol. The Morgan fingerprint density at radius 2 is 1.81 bits per heavy atom. The predicted molar refractivity (Wildman–Crippen MR) is 172 cm³/mol. The van der Waals surface area contributed by atoms with E-state index in [1.54, 1.807) is 64.9 Å². The van der Waals surface area contributed by atoms with Crippen LogP contribution in [0.1, 0.15) is 18.9 Å². The van der Waals surface area contributed by atoms with Crippen molar-refractivity contribution in [2.45, 2.75) is 46.8 Å². The summed E-state index contributed by atoms with van der Waals surface area (Å²) >= 11 is 12.0. The lowest BCUT2D eigenvalue weighted by atomic mass is 9.70. The SMILES string of the molecule is C=CCN(Cc1ccccc1)C(=O)[C@H]1[C@H]2C(=O)N([C@H](C)CO)C(C(=O)N(CC=C)c3ccccc3Cl)C23CC(Br)[C@@H]1S3. The molecule has 7 nitrogen and oxygen atoms in total. The predicted octanol–water partition coefficient (Wildman–Crippen LogP) is 4.92. The van der Waals surface area contributed by atoms with Crippen molar-refractivity contribution in [3.63, 3.8) is 0 Å². The van der Waals surface area contributed by atoms with Crippen LogP contribution in [-0.4, -0.2) is 79.2 Å². The van der Waals surface area contributed by atoms with Gasteiger partial charge in [0.05, 0.1) is 39.9 Å². The molecule has 0 aromatic heterocycles. The van der Waals surface area contributed by atoms with Crippen molar-refractivity contribution in [2.24, 2.45) is 11.8 Å². The minimum atomic E-state index is -0.900. The number of fused-ring (bicyclic) bond motifs is 1. The van der Waals surface area contributed by atoms with Crippen LogP contribution in [0.3, 0.4) is 0 Å². The van der Waals surface area contributed by atoms with Gasteiger partial charge in [0.15, 0.2) is 0 Å². The molecule has 5 rings (SSSR count). The van der Waals surface area contributed by atoms with Gasteiger partial charge in [-0.05, 0) is 31.0 Å². The summed E-state index contributed by atoms with van der Waals surface area (Å²) in [5.74, 6) is -2.04. The maximum atomic E-state index is 14.7. The second kappa shape index (κ2) is 12.6. The average molecular weight is 673 g/mol. The number of likely N-dealkylation sites (tertiary alicyclic amines) is 1. The Bertz CT molecular complexity index is 1380. The number of anilines is 1. The van der Waals surface area contributed by atoms with E-state index in [0.29, 0.717) is 30.2 Å². The first-order valence-corrected chi connectivity index (χ1v) is 16.2. The van der Waals surface area contributed by atoms with Crippen LogP contribution < -0.4 is 4.90 Å². The van der Waals surface area contributed by atoms with Gasteiger partial charge in [0.25, 0.3) is 5.91 Å². The van der Waals surface area contributed by atoms with Crippen molar-refractivity contribution in [2.75, 3.05) is 24.6 Å². The number of rotatable bonds is 11. The number of halogens is 2. The van der Waals surface area contributed by atoms with Gasteiger partial charge < -0.3 is 19.8 Å². The lowest BCUT2D eigenvalue weighted by Crippen LogP contribution is -2.57. The third-order valence-corrected chi connectivity index (χ3v) is 12.1. The Morgan fingerprint density at radius 1 is 1.14 bits per heavy atom. The maximum absolute atomic E-state index is 14.7. The minimum Gasteiger partial charge on any atom is -0.394 e. The Labute approximate surface area is 264 Å². The maximum Gasteiger partial charge on any atom is 0.251 e. The van der Waals surface area contributed by atoms with Gasteiger partial charge in [-0.15, -0.1) is 24.9 Å². The van der Waals surface area contributed by atoms with E-state index in [4.69, 9.17) is 11.6 Å². The lowest BCUT2D eigenvalue weighted by molar-refractivity contribution is -0.145.